The zero-order chi connectivity index (χ0) is 15.2. The summed E-state index contributed by atoms with van der Waals surface area (Å²) in [5.74, 6) is -1.22. The highest BCUT2D eigenvalue weighted by Crippen LogP contribution is 2.33. The molecular weight excluding hydrogens is 288 g/mol. The van der Waals surface area contributed by atoms with Crippen LogP contribution in [0, 0.1) is 11.8 Å². The summed E-state index contributed by atoms with van der Waals surface area (Å²) in [4.78, 5) is 22.3. The van der Waals surface area contributed by atoms with Gasteiger partial charge in [0.2, 0.25) is 0 Å². The second kappa shape index (κ2) is 7.51. The van der Waals surface area contributed by atoms with E-state index in [1.54, 1.807) is 12.2 Å². The van der Waals surface area contributed by atoms with E-state index in [-0.39, 0.29) is 37.1 Å². The van der Waals surface area contributed by atoms with Crippen molar-refractivity contribution in [1.82, 2.24) is 0 Å². The van der Waals surface area contributed by atoms with Gasteiger partial charge < -0.3 is 5.11 Å². The van der Waals surface area contributed by atoms with Gasteiger partial charge in [0.05, 0.1) is 6.61 Å². The molecule has 0 aliphatic heterocycles. The van der Waals surface area contributed by atoms with Gasteiger partial charge >= 0.3 is 16.4 Å². The quantitative estimate of drug-likeness (QED) is 0.393. The highest BCUT2D eigenvalue weighted by atomic mass is 32.3. The van der Waals surface area contributed by atoms with E-state index in [2.05, 4.69) is 4.18 Å². The standard InChI is InChI=1S/C12H18O7S/c13-11-6-5-9(8-12(14)15)10(11)4-2-1-3-7-19-20(16,17)18/h1-2,9-10H,3-8H2,(H,14,15)(H,16,17,18)/b2-1-/t9-,10-/m0/s1. The van der Waals surface area contributed by atoms with E-state index in [0.29, 0.717) is 19.3 Å². The van der Waals surface area contributed by atoms with Crippen LogP contribution in [-0.4, -0.2) is 36.4 Å². The molecule has 0 amide bonds. The first-order valence-corrected chi connectivity index (χ1v) is 7.67. The Morgan fingerprint density at radius 1 is 1.40 bits per heavy atom. The molecule has 1 fully saturated rings. The average Bonchev–Trinajstić information content (AvgIpc) is 2.63. The third kappa shape index (κ3) is 6.27. The molecule has 0 saturated heterocycles. The van der Waals surface area contributed by atoms with E-state index in [1.807, 2.05) is 0 Å². The van der Waals surface area contributed by atoms with Crippen LogP contribution in [0.2, 0.25) is 0 Å². The van der Waals surface area contributed by atoms with Gasteiger partial charge in [0, 0.05) is 18.8 Å². The molecule has 0 bridgehead atoms. The number of carboxylic acids is 1. The first kappa shape index (κ1) is 16.8. The number of carboxylic acid groups (broad SMARTS) is 1. The lowest BCUT2D eigenvalue weighted by atomic mass is 9.89. The molecule has 0 aromatic rings. The Morgan fingerprint density at radius 3 is 2.70 bits per heavy atom. The molecule has 0 spiro atoms. The molecule has 1 aliphatic rings. The van der Waals surface area contributed by atoms with Crippen molar-refractivity contribution in [3.63, 3.8) is 0 Å². The zero-order valence-corrected chi connectivity index (χ0v) is 11.7. The summed E-state index contributed by atoms with van der Waals surface area (Å²) in [6, 6.07) is 0. The van der Waals surface area contributed by atoms with Crippen LogP contribution in [0.5, 0.6) is 0 Å². The van der Waals surface area contributed by atoms with Crippen molar-refractivity contribution in [2.45, 2.75) is 32.1 Å². The summed E-state index contributed by atoms with van der Waals surface area (Å²) in [6.07, 6.45) is 5.12. The Labute approximate surface area is 117 Å². The summed E-state index contributed by atoms with van der Waals surface area (Å²) in [7, 11) is -4.41. The molecule has 1 saturated carbocycles. The molecule has 2 N–H and O–H groups in total. The Morgan fingerprint density at radius 2 is 2.10 bits per heavy atom. The number of allylic oxidation sites excluding steroid dienone is 1. The van der Waals surface area contributed by atoms with Crippen LogP contribution in [0.15, 0.2) is 12.2 Å². The smallest absolute Gasteiger partial charge is 0.397 e. The molecule has 1 rings (SSSR count). The molecule has 0 heterocycles. The molecule has 8 heteroatoms. The first-order valence-electron chi connectivity index (χ1n) is 6.31. The fourth-order valence-corrected chi connectivity index (χ4v) is 2.66. The van der Waals surface area contributed by atoms with E-state index >= 15 is 0 Å². The molecule has 0 unspecified atom stereocenters. The molecule has 0 aromatic heterocycles. The number of aliphatic carboxylic acids is 1. The normalized spacial score (nSPS) is 23.6. The van der Waals surface area contributed by atoms with Gasteiger partial charge in [0.1, 0.15) is 5.78 Å². The van der Waals surface area contributed by atoms with Crippen molar-refractivity contribution in [3.8, 4) is 0 Å². The minimum Gasteiger partial charge on any atom is -0.481 e. The maximum atomic E-state index is 11.7. The Balaban J connectivity index is 2.35. The van der Waals surface area contributed by atoms with E-state index in [1.165, 1.54) is 0 Å². The lowest BCUT2D eigenvalue weighted by Gasteiger charge is -2.14. The first-order chi connectivity index (χ1) is 9.29. The van der Waals surface area contributed by atoms with Gasteiger partial charge in [-0.1, -0.05) is 12.2 Å². The molecule has 7 nitrogen and oxygen atoms in total. The molecule has 114 valence electrons. The Hall–Kier alpha value is -1.25. The van der Waals surface area contributed by atoms with Crippen molar-refractivity contribution in [2.24, 2.45) is 11.8 Å². The van der Waals surface area contributed by atoms with Crippen LogP contribution in [0.4, 0.5) is 0 Å². The van der Waals surface area contributed by atoms with E-state index < -0.39 is 16.4 Å². The fraction of sp³-hybridized carbons (Fsp3) is 0.667. The molecule has 20 heavy (non-hydrogen) atoms. The number of carbonyl (C=O) groups excluding carboxylic acids is 1. The van der Waals surface area contributed by atoms with Crippen LogP contribution in [-0.2, 0) is 24.2 Å². The van der Waals surface area contributed by atoms with Gasteiger partial charge in [-0.15, -0.1) is 0 Å². The van der Waals surface area contributed by atoms with Gasteiger partial charge in [-0.3, -0.25) is 14.1 Å². The fourth-order valence-electron chi connectivity index (χ4n) is 2.35. The number of carbonyl (C=O) groups is 2. The number of rotatable bonds is 8. The number of hydrogen-bond acceptors (Lipinski definition) is 5. The highest BCUT2D eigenvalue weighted by Gasteiger charge is 2.34. The summed E-state index contributed by atoms with van der Waals surface area (Å²) in [5.41, 5.74) is 0. The number of Topliss-reactive ketones (excluding diaryl/α,β-unsaturated/α-hetero) is 1. The minimum atomic E-state index is -4.41. The number of ketones is 1. The second-order valence-electron chi connectivity index (χ2n) is 4.71. The summed E-state index contributed by atoms with van der Waals surface area (Å²) in [6.45, 7) is -0.174. The summed E-state index contributed by atoms with van der Waals surface area (Å²) >= 11 is 0. The topological polar surface area (TPSA) is 118 Å². The van der Waals surface area contributed by atoms with Gasteiger partial charge in [0.25, 0.3) is 0 Å². The molecule has 0 radical (unpaired) electrons. The van der Waals surface area contributed by atoms with Crippen LogP contribution in [0.3, 0.4) is 0 Å². The lowest BCUT2D eigenvalue weighted by molar-refractivity contribution is -0.138. The van der Waals surface area contributed by atoms with Crippen molar-refractivity contribution in [1.29, 1.82) is 0 Å². The number of hydrogen-bond donors (Lipinski definition) is 2. The minimum absolute atomic E-state index is 0.00386. The summed E-state index contributed by atoms with van der Waals surface area (Å²) in [5, 5.41) is 8.77. The zero-order valence-electron chi connectivity index (χ0n) is 10.9. The predicted molar refractivity (Wildman–Crippen MR) is 69.3 cm³/mol. The lowest BCUT2D eigenvalue weighted by Crippen LogP contribution is -2.17. The van der Waals surface area contributed by atoms with E-state index in [9.17, 15) is 18.0 Å². The monoisotopic (exact) mass is 306 g/mol. The second-order valence-corrected chi connectivity index (χ2v) is 5.81. The maximum Gasteiger partial charge on any atom is 0.397 e. The highest BCUT2D eigenvalue weighted by molar-refractivity contribution is 7.80. The van der Waals surface area contributed by atoms with Gasteiger partial charge in [0.15, 0.2) is 0 Å². The SMILES string of the molecule is O=C(O)C[C@@H]1CCC(=O)[C@H]1C/C=C\CCOS(=O)(=O)O. The van der Waals surface area contributed by atoms with Crippen LogP contribution < -0.4 is 0 Å². The van der Waals surface area contributed by atoms with Crippen molar-refractivity contribution < 1.29 is 31.8 Å². The van der Waals surface area contributed by atoms with Gasteiger partial charge in [-0.25, -0.2) is 4.18 Å². The molecule has 0 aromatic carbocycles. The van der Waals surface area contributed by atoms with Crippen LogP contribution >= 0.6 is 0 Å². The van der Waals surface area contributed by atoms with Crippen LogP contribution in [0.1, 0.15) is 32.1 Å². The average molecular weight is 306 g/mol. The molecule has 2 atom stereocenters. The third-order valence-electron chi connectivity index (χ3n) is 3.25. The largest absolute Gasteiger partial charge is 0.481 e. The van der Waals surface area contributed by atoms with Crippen LogP contribution in [0.25, 0.3) is 0 Å². The Kier molecular flexibility index (Phi) is 6.31. The summed E-state index contributed by atoms with van der Waals surface area (Å²) < 4.78 is 33.0. The Bertz CT molecular complexity index is 480. The molecule has 1 aliphatic carbocycles. The van der Waals surface area contributed by atoms with Gasteiger partial charge in [-0.2, -0.15) is 8.42 Å². The predicted octanol–water partition coefficient (Wildman–Crippen LogP) is 1.21. The van der Waals surface area contributed by atoms with E-state index in [0.717, 1.165) is 0 Å². The third-order valence-corrected chi connectivity index (χ3v) is 3.72. The maximum absolute atomic E-state index is 11.7. The molecular formula is C12H18O7S. The van der Waals surface area contributed by atoms with Crippen molar-refractivity contribution in [2.75, 3.05) is 6.61 Å². The van der Waals surface area contributed by atoms with Gasteiger partial charge in [-0.05, 0) is 25.2 Å². The van der Waals surface area contributed by atoms with Crippen molar-refractivity contribution in [3.05, 3.63) is 12.2 Å². The van der Waals surface area contributed by atoms with E-state index in [4.69, 9.17) is 9.66 Å². The van der Waals surface area contributed by atoms with Crippen molar-refractivity contribution >= 4 is 22.2 Å².